The zero-order valence-electron chi connectivity index (χ0n) is 13.7. The molecule has 21 heavy (non-hydrogen) atoms. The van der Waals surface area contributed by atoms with Crippen molar-refractivity contribution >= 4 is 0 Å². The average molecular weight is 291 g/mol. The van der Waals surface area contributed by atoms with Crippen LogP contribution in [0.5, 0.6) is 11.5 Å². The summed E-state index contributed by atoms with van der Waals surface area (Å²) in [6.45, 7) is 0. The molecule has 0 heterocycles. The molecular formula is C18H29NO2. The molecule has 118 valence electrons. The van der Waals surface area contributed by atoms with E-state index in [-0.39, 0.29) is 0 Å². The Balaban J connectivity index is 2.11. The number of hydrogen-bond donors (Lipinski definition) is 1. The minimum Gasteiger partial charge on any atom is -0.497 e. The SMILES string of the molecule is CNC(CC1CCCCCC1)c1cc(OC)cc(OC)c1. The normalized spacial score (nSPS) is 18.0. The second-order valence-electron chi connectivity index (χ2n) is 6.08. The standard InChI is InChI=1S/C18H29NO2/c1-19-18(10-14-8-6-4-5-7-9-14)15-11-16(20-2)13-17(12-15)21-3/h11-14,18-19H,4-10H2,1-3H3. The molecule has 1 fully saturated rings. The van der Waals surface area contributed by atoms with Gasteiger partial charge in [-0.25, -0.2) is 0 Å². The zero-order chi connectivity index (χ0) is 15.1. The summed E-state index contributed by atoms with van der Waals surface area (Å²) in [6, 6.07) is 6.56. The zero-order valence-corrected chi connectivity index (χ0v) is 13.7. The molecule has 1 N–H and O–H groups in total. The highest BCUT2D eigenvalue weighted by atomic mass is 16.5. The first kappa shape index (κ1) is 16.2. The number of methoxy groups -OCH3 is 2. The van der Waals surface area contributed by atoms with Crippen molar-refractivity contribution in [2.24, 2.45) is 5.92 Å². The number of ether oxygens (including phenoxy) is 2. The van der Waals surface area contributed by atoms with Gasteiger partial charge < -0.3 is 14.8 Å². The van der Waals surface area contributed by atoms with Gasteiger partial charge in [-0.15, -0.1) is 0 Å². The van der Waals surface area contributed by atoms with E-state index in [1.165, 1.54) is 50.5 Å². The van der Waals surface area contributed by atoms with Crippen LogP contribution >= 0.6 is 0 Å². The van der Waals surface area contributed by atoms with E-state index in [9.17, 15) is 0 Å². The number of hydrogen-bond acceptors (Lipinski definition) is 3. The molecule has 2 rings (SSSR count). The maximum absolute atomic E-state index is 5.39. The number of rotatable bonds is 6. The minimum absolute atomic E-state index is 0.372. The highest BCUT2D eigenvalue weighted by molar-refractivity contribution is 5.39. The molecule has 1 saturated carbocycles. The summed E-state index contributed by atoms with van der Waals surface area (Å²) in [5.74, 6) is 2.57. The maximum Gasteiger partial charge on any atom is 0.122 e. The molecule has 0 spiro atoms. The van der Waals surface area contributed by atoms with E-state index in [2.05, 4.69) is 17.4 Å². The van der Waals surface area contributed by atoms with Crippen LogP contribution in [0.3, 0.4) is 0 Å². The van der Waals surface area contributed by atoms with Gasteiger partial charge >= 0.3 is 0 Å². The summed E-state index contributed by atoms with van der Waals surface area (Å²) in [5, 5.41) is 3.48. The van der Waals surface area contributed by atoms with Crippen molar-refractivity contribution in [3.05, 3.63) is 23.8 Å². The molecular weight excluding hydrogens is 262 g/mol. The Labute approximate surface area is 129 Å². The van der Waals surface area contributed by atoms with E-state index < -0.39 is 0 Å². The Kier molecular flexibility index (Phi) is 6.37. The largest absolute Gasteiger partial charge is 0.497 e. The van der Waals surface area contributed by atoms with Gasteiger partial charge in [0.2, 0.25) is 0 Å². The highest BCUT2D eigenvalue weighted by Crippen LogP contribution is 2.33. The van der Waals surface area contributed by atoms with Gasteiger partial charge in [-0.2, -0.15) is 0 Å². The summed E-state index contributed by atoms with van der Waals surface area (Å²) >= 11 is 0. The number of nitrogens with one attached hydrogen (secondary N) is 1. The predicted octanol–water partition coefficient (Wildman–Crippen LogP) is 4.32. The van der Waals surface area contributed by atoms with Crippen molar-refractivity contribution < 1.29 is 9.47 Å². The molecule has 1 unspecified atom stereocenters. The fourth-order valence-corrected chi connectivity index (χ4v) is 3.38. The minimum atomic E-state index is 0.372. The molecule has 1 aromatic carbocycles. The second kappa shape index (κ2) is 8.28. The molecule has 1 aromatic rings. The Hall–Kier alpha value is -1.22. The third-order valence-corrected chi connectivity index (χ3v) is 4.67. The topological polar surface area (TPSA) is 30.5 Å². The van der Waals surface area contributed by atoms with Gasteiger partial charge in [0.1, 0.15) is 11.5 Å². The molecule has 3 heteroatoms. The summed E-state index contributed by atoms with van der Waals surface area (Å²) in [6.07, 6.45) is 9.55. The van der Waals surface area contributed by atoms with Gasteiger partial charge in [-0.1, -0.05) is 38.5 Å². The van der Waals surface area contributed by atoms with E-state index in [0.717, 1.165) is 17.4 Å². The molecule has 1 aliphatic carbocycles. The average Bonchev–Trinajstić information content (AvgIpc) is 2.80. The highest BCUT2D eigenvalue weighted by Gasteiger charge is 2.19. The Morgan fingerprint density at radius 3 is 2.05 bits per heavy atom. The lowest BCUT2D eigenvalue weighted by atomic mass is 9.89. The summed E-state index contributed by atoms with van der Waals surface area (Å²) < 4.78 is 10.8. The van der Waals surface area contributed by atoms with Gasteiger partial charge in [0.25, 0.3) is 0 Å². The quantitative estimate of drug-likeness (QED) is 0.792. The lowest BCUT2D eigenvalue weighted by Gasteiger charge is -2.23. The third-order valence-electron chi connectivity index (χ3n) is 4.67. The molecule has 0 aliphatic heterocycles. The number of benzene rings is 1. The van der Waals surface area contributed by atoms with Crippen LogP contribution in [0.1, 0.15) is 56.6 Å². The van der Waals surface area contributed by atoms with E-state index in [1.807, 2.05) is 13.1 Å². The van der Waals surface area contributed by atoms with Crippen LogP contribution in [0, 0.1) is 5.92 Å². The molecule has 0 aromatic heterocycles. The first-order valence-corrected chi connectivity index (χ1v) is 8.17. The fraction of sp³-hybridized carbons (Fsp3) is 0.667. The van der Waals surface area contributed by atoms with Crippen LogP contribution in [0.2, 0.25) is 0 Å². The maximum atomic E-state index is 5.39. The van der Waals surface area contributed by atoms with Crippen molar-refractivity contribution in [1.82, 2.24) is 5.32 Å². The van der Waals surface area contributed by atoms with Crippen molar-refractivity contribution in [2.45, 2.75) is 51.0 Å². The van der Waals surface area contributed by atoms with Crippen LogP contribution in [-0.4, -0.2) is 21.3 Å². The smallest absolute Gasteiger partial charge is 0.122 e. The molecule has 3 nitrogen and oxygen atoms in total. The van der Waals surface area contributed by atoms with Crippen LogP contribution in [0.25, 0.3) is 0 Å². The fourth-order valence-electron chi connectivity index (χ4n) is 3.38. The molecule has 0 radical (unpaired) electrons. The first-order chi connectivity index (χ1) is 10.3. The van der Waals surface area contributed by atoms with Crippen molar-refractivity contribution in [3.8, 4) is 11.5 Å². The van der Waals surface area contributed by atoms with E-state index in [4.69, 9.17) is 9.47 Å². The Bertz CT molecular complexity index is 403. The van der Waals surface area contributed by atoms with Crippen LogP contribution in [0.15, 0.2) is 18.2 Å². The summed E-state index contributed by atoms with van der Waals surface area (Å²) in [5.41, 5.74) is 1.26. The first-order valence-electron chi connectivity index (χ1n) is 8.17. The van der Waals surface area contributed by atoms with Crippen LogP contribution < -0.4 is 14.8 Å². The van der Waals surface area contributed by atoms with Gasteiger partial charge in [0, 0.05) is 12.1 Å². The van der Waals surface area contributed by atoms with E-state index >= 15 is 0 Å². The van der Waals surface area contributed by atoms with Gasteiger partial charge in [0.15, 0.2) is 0 Å². The Morgan fingerprint density at radius 2 is 1.57 bits per heavy atom. The Morgan fingerprint density at radius 1 is 1.00 bits per heavy atom. The summed E-state index contributed by atoms with van der Waals surface area (Å²) in [4.78, 5) is 0. The van der Waals surface area contributed by atoms with Gasteiger partial charge in [-0.3, -0.25) is 0 Å². The second-order valence-corrected chi connectivity index (χ2v) is 6.08. The molecule has 1 aliphatic rings. The molecule has 0 amide bonds. The molecule has 0 saturated heterocycles. The summed E-state index contributed by atoms with van der Waals surface area (Å²) in [7, 11) is 5.46. The van der Waals surface area contributed by atoms with Crippen LogP contribution in [-0.2, 0) is 0 Å². The van der Waals surface area contributed by atoms with Gasteiger partial charge in [0.05, 0.1) is 14.2 Å². The lowest BCUT2D eigenvalue weighted by Crippen LogP contribution is -2.20. The van der Waals surface area contributed by atoms with Crippen LogP contribution in [0.4, 0.5) is 0 Å². The van der Waals surface area contributed by atoms with Crippen molar-refractivity contribution in [2.75, 3.05) is 21.3 Å². The predicted molar refractivity (Wildman–Crippen MR) is 87.2 cm³/mol. The van der Waals surface area contributed by atoms with Crippen molar-refractivity contribution in [3.63, 3.8) is 0 Å². The molecule has 1 atom stereocenters. The van der Waals surface area contributed by atoms with E-state index in [0.29, 0.717) is 6.04 Å². The monoisotopic (exact) mass is 291 g/mol. The van der Waals surface area contributed by atoms with E-state index in [1.54, 1.807) is 14.2 Å². The third kappa shape index (κ3) is 4.63. The molecule has 0 bridgehead atoms. The lowest BCUT2D eigenvalue weighted by molar-refractivity contribution is 0.362. The van der Waals surface area contributed by atoms with Gasteiger partial charge in [-0.05, 0) is 37.1 Å². The van der Waals surface area contributed by atoms with Crippen molar-refractivity contribution in [1.29, 1.82) is 0 Å².